The van der Waals surface area contributed by atoms with Gasteiger partial charge in [0.1, 0.15) is 10.0 Å². The van der Waals surface area contributed by atoms with E-state index in [1.807, 2.05) is 36.1 Å². The van der Waals surface area contributed by atoms with Crippen LogP contribution in [0.5, 0.6) is 0 Å². The second-order valence-electron chi connectivity index (χ2n) is 5.74. The lowest BCUT2D eigenvalue weighted by atomic mass is 9.99. The first kappa shape index (κ1) is 14.7. The molecule has 1 unspecified atom stereocenters. The van der Waals surface area contributed by atoms with Gasteiger partial charge in [-0.3, -0.25) is 4.79 Å². The van der Waals surface area contributed by atoms with Crippen molar-refractivity contribution in [2.45, 2.75) is 25.7 Å². The number of aromatic nitrogens is 3. The van der Waals surface area contributed by atoms with Crippen molar-refractivity contribution in [1.82, 2.24) is 20.1 Å². The average molecular weight is 344 g/mol. The van der Waals surface area contributed by atoms with Gasteiger partial charge in [-0.1, -0.05) is 12.1 Å². The molecule has 1 aliphatic heterocycles. The van der Waals surface area contributed by atoms with Crippen LogP contribution in [0.2, 0.25) is 0 Å². The van der Waals surface area contributed by atoms with Crippen LogP contribution in [0.4, 0.5) is 0 Å². The fourth-order valence-electron chi connectivity index (χ4n) is 2.94. The standard InChI is InChI=1S/C16H16N4OS2/c1-10-18-19-14(22-10)11-5-4-8-20(9-11)16(21)15-17-12-6-2-3-7-13(12)23-15/h2-3,6-7,11H,4-5,8-9H2,1H3. The van der Waals surface area contributed by atoms with E-state index in [0.717, 1.165) is 39.6 Å². The highest BCUT2D eigenvalue weighted by atomic mass is 32.1. The summed E-state index contributed by atoms with van der Waals surface area (Å²) < 4.78 is 1.06. The van der Waals surface area contributed by atoms with E-state index in [0.29, 0.717) is 17.5 Å². The van der Waals surface area contributed by atoms with Crippen LogP contribution in [0.15, 0.2) is 24.3 Å². The van der Waals surface area contributed by atoms with Gasteiger partial charge in [-0.05, 0) is 31.9 Å². The number of aryl methyl sites for hydroxylation is 1. The van der Waals surface area contributed by atoms with Gasteiger partial charge in [-0.25, -0.2) is 4.98 Å². The maximum Gasteiger partial charge on any atom is 0.282 e. The van der Waals surface area contributed by atoms with Gasteiger partial charge in [0.05, 0.1) is 10.2 Å². The number of thiazole rings is 1. The Bertz CT molecular complexity index is 824. The van der Waals surface area contributed by atoms with Crippen LogP contribution < -0.4 is 0 Å². The number of carbonyl (C=O) groups is 1. The number of rotatable bonds is 2. The van der Waals surface area contributed by atoms with E-state index >= 15 is 0 Å². The Hall–Kier alpha value is -1.86. The van der Waals surface area contributed by atoms with Crippen LogP contribution in [-0.2, 0) is 0 Å². The van der Waals surface area contributed by atoms with Crippen molar-refractivity contribution in [3.8, 4) is 0 Å². The molecule has 2 aromatic heterocycles. The van der Waals surface area contributed by atoms with E-state index in [2.05, 4.69) is 15.2 Å². The van der Waals surface area contributed by atoms with Crippen molar-refractivity contribution >= 4 is 38.8 Å². The third kappa shape index (κ3) is 2.86. The molecule has 1 amide bonds. The van der Waals surface area contributed by atoms with Gasteiger partial charge in [0.25, 0.3) is 5.91 Å². The summed E-state index contributed by atoms with van der Waals surface area (Å²) in [6, 6.07) is 7.88. The maximum absolute atomic E-state index is 12.8. The zero-order valence-electron chi connectivity index (χ0n) is 12.7. The molecule has 0 spiro atoms. The topological polar surface area (TPSA) is 59.0 Å². The summed E-state index contributed by atoms with van der Waals surface area (Å²) >= 11 is 3.11. The van der Waals surface area contributed by atoms with Crippen molar-refractivity contribution in [1.29, 1.82) is 0 Å². The molecule has 0 saturated carbocycles. The third-order valence-electron chi connectivity index (χ3n) is 4.08. The highest BCUT2D eigenvalue weighted by molar-refractivity contribution is 7.20. The molecule has 1 aromatic carbocycles. The Balaban J connectivity index is 1.55. The van der Waals surface area contributed by atoms with Crippen molar-refractivity contribution in [3.63, 3.8) is 0 Å². The molecule has 0 aliphatic carbocycles. The predicted octanol–water partition coefficient (Wildman–Crippen LogP) is 3.48. The molecule has 118 valence electrons. The number of likely N-dealkylation sites (tertiary alicyclic amines) is 1. The summed E-state index contributed by atoms with van der Waals surface area (Å²) in [5.41, 5.74) is 0.897. The van der Waals surface area contributed by atoms with Crippen LogP contribution in [0, 0.1) is 6.92 Å². The SMILES string of the molecule is Cc1nnc(C2CCCN(C(=O)c3nc4ccccc4s3)C2)s1. The van der Waals surface area contributed by atoms with Gasteiger partial charge < -0.3 is 4.90 Å². The van der Waals surface area contributed by atoms with Gasteiger partial charge in [0.15, 0.2) is 5.01 Å². The highest BCUT2D eigenvalue weighted by Gasteiger charge is 2.29. The summed E-state index contributed by atoms with van der Waals surface area (Å²) in [5.74, 6) is 0.338. The largest absolute Gasteiger partial charge is 0.336 e. The number of fused-ring (bicyclic) bond motifs is 1. The van der Waals surface area contributed by atoms with E-state index in [1.165, 1.54) is 11.3 Å². The first-order valence-corrected chi connectivity index (χ1v) is 9.29. The van der Waals surface area contributed by atoms with Crippen LogP contribution in [-0.4, -0.2) is 39.1 Å². The number of carbonyl (C=O) groups excluding carboxylic acids is 1. The Kier molecular flexibility index (Phi) is 3.82. The molecule has 5 nitrogen and oxygen atoms in total. The Morgan fingerprint density at radius 2 is 2.13 bits per heavy atom. The third-order valence-corrected chi connectivity index (χ3v) is 6.10. The van der Waals surface area contributed by atoms with Gasteiger partial charge in [0.2, 0.25) is 0 Å². The second kappa shape index (κ2) is 5.98. The molecule has 1 saturated heterocycles. The van der Waals surface area contributed by atoms with Gasteiger partial charge in [-0.15, -0.1) is 32.9 Å². The lowest BCUT2D eigenvalue weighted by Crippen LogP contribution is -2.39. The minimum atomic E-state index is 0.0390. The molecule has 3 aromatic rings. The molecule has 0 N–H and O–H groups in total. The smallest absolute Gasteiger partial charge is 0.282 e. The highest BCUT2D eigenvalue weighted by Crippen LogP contribution is 2.30. The summed E-state index contributed by atoms with van der Waals surface area (Å²) in [5, 5.41) is 11.0. The number of nitrogens with zero attached hydrogens (tertiary/aromatic N) is 4. The lowest BCUT2D eigenvalue weighted by molar-refractivity contribution is 0.0706. The molecule has 4 rings (SSSR count). The molecule has 1 atom stereocenters. The normalized spacial score (nSPS) is 18.5. The molecule has 23 heavy (non-hydrogen) atoms. The van der Waals surface area contributed by atoms with Gasteiger partial charge in [0, 0.05) is 19.0 Å². The number of hydrogen-bond acceptors (Lipinski definition) is 6. The summed E-state index contributed by atoms with van der Waals surface area (Å²) in [6.07, 6.45) is 2.07. The molecule has 3 heterocycles. The molecule has 1 aliphatic rings. The van der Waals surface area contributed by atoms with E-state index in [4.69, 9.17) is 0 Å². The maximum atomic E-state index is 12.8. The van der Waals surface area contributed by atoms with Crippen molar-refractivity contribution in [2.75, 3.05) is 13.1 Å². The van der Waals surface area contributed by atoms with Crippen molar-refractivity contribution < 1.29 is 4.79 Å². The lowest BCUT2D eigenvalue weighted by Gasteiger charge is -2.30. The van der Waals surface area contributed by atoms with E-state index < -0.39 is 0 Å². The predicted molar refractivity (Wildman–Crippen MR) is 92.1 cm³/mol. The second-order valence-corrected chi connectivity index (χ2v) is 7.98. The number of piperidine rings is 1. The zero-order valence-corrected chi connectivity index (χ0v) is 14.4. The van der Waals surface area contributed by atoms with Crippen molar-refractivity contribution in [3.05, 3.63) is 39.3 Å². The first-order valence-electron chi connectivity index (χ1n) is 7.65. The van der Waals surface area contributed by atoms with Crippen LogP contribution in [0.1, 0.15) is 38.6 Å². The van der Waals surface area contributed by atoms with Gasteiger partial charge in [-0.2, -0.15) is 0 Å². The number of hydrogen-bond donors (Lipinski definition) is 0. The molecule has 1 fully saturated rings. The monoisotopic (exact) mass is 344 g/mol. The molecular weight excluding hydrogens is 328 g/mol. The van der Waals surface area contributed by atoms with Crippen molar-refractivity contribution in [2.24, 2.45) is 0 Å². The fraction of sp³-hybridized carbons (Fsp3) is 0.375. The molecule has 0 radical (unpaired) electrons. The Morgan fingerprint density at radius 1 is 1.26 bits per heavy atom. The van der Waals surface area contributed by atoms with E-state index in [9.17, 15) is 4.79 Å². The average Bonchev–Trinajstić information content (AvgIpc) is 3.20. The minimum Gasteiger partial charge on any atom is -0.336 e. The zero-order chi connectivity index (χ0) is 15.8. The van der Waals surface area contributed by atoms with E-state index in [-0.39, 0.29) is 5.91 Å². The van der Waals surface area contributed by atoms with Crippen LogP contribution in [0.3, 0.4) is 0 Å². The van der Waals surface area contributed by atoms with E-state index in [1.54, 1.807) is 11.3 Å². The number of para-hydroxylation sites is 1. The molecule has 7 heteroatoms. The molecular formula is C16H16N4OS2. The fourth-order valence-corrected chi connectivity index (χ4v) is 4.70. The summed E-state index contributed by atoms with van der Waals surface area (Å²) in [4.78, 5) is 19.2. The number of benzene rings is 1. The van der Waals surface area contributed by atoms with Crippen LogP contribution in [0.25, 0.3) is 10.2 Å². The number of amides is 1. The molecule has 0 bridgehead atoms. The quantitative estimate of drug-likeness (QED) is 0.714. The Morgan fingerprint density at radius 3 is 2.91 bits per heavy atom. The first-order chi connectivity index (χ1) is 11.2. The van der Waals surface area contributed by atoms with Gasteiger partial charge >= 0.3 is 0 Å². The minimum absolute atomic E-state index is 0.0390. The Labute approximate surface area is 142 Å². The summed E-state index contributed by atoms with van der Waals surface area (Å²) in [6.45, 7) is 3.47. The van der Waals surface area contributed by atoms with Crippen LogP contribution >= 0.6 is 22.7 Å². The summed E-state index contributed by atoms with van der Waals surface area (Å²) in [7, 11) is 0.